The fourth-order valence-corrected chi connectivity index (χ4v) is 5.93. The first-order chi connectivity index (χ1) is 20.6. The fraction of sp³-hybridized carbons (Fsp3) is 0.355. The van der Waals surface area contributed by atoms with Crippen molar-refractivity contribution in [2.45, 2.75) is 52.4 Å². The standard InChI is InChI=1S/C31H30F2N6O4/c1-15(2)27-28(39-43-38-27)30(41)34-13-22(26-21-7-5-18(32)11-24(21)42-14-31(26)9-10-31)29(40)35-19-6-8-20(23(33)12-19)25-16(3)36-37-17(25)4/h5-8,11-13,15,22,26H,9-10,14H2,1-4H3,(H,35,40)(H,36,37)/b34-13-. The summed E-state index contributed by atoms with van der Waals surface area (Å²) in [4.78, 5) is 31.2. The van der Waals surface area contributed by atoms with Gasteiger partial charge in [0.25, 0.3) is 0 Å². The number of nitrogens with zero attached hydrogens (tertiary/aromatic N) is 4. The number of aliphatic imine (C=N–C) groups is 1. The number of nitrogens with one attached hydrogen (secondary N) is 2. The van der Waals surface area contributed by atoms with Gasteiger partial charge >= 0.3 is 5.91 Å². The first-order valence-electron chi connectivity index (χ1n) is 14.0. The van der Waals surface area contributed by atoms with Crippen molar-refractivity contribution in [3.05, 3.63) is 76.4 Å². The Morgan fingerprint density at radius 3 is 2.60 bits per heavy atom. The summed E-state index contributed by atoms with van der Waals surface area (Å²) < 4.78 is 40.1. The normalized spacial score (nSPS) is 17.6. The van der Waals surface area contributed by atoms with E-state index < -0.39 is 40.7 Å². The molecule has 1 saturated carbocycles. The van der Waals surface area contributed by atoms with Gasteiger partial charge in [-0.05, 0) is 61.7 Å². The van der Waals surface area contributed by atoms with E-state index in [9.17, 15) is 14.0 Å². The molecule has 0 bridgehead atoms. The van der Waals surface area contributed by atoms with E-state index in [2.05, 4.69) is 30.8 Å². The molecule has 2 unspecified atom stereocenters. The van der Waals surface area contributed by atoms with Crippen molar-refractivity contribution < 1.29 is 27.7 Å². The van der Waals surface area contributed by atoms with E-state index in [1.807, 2.05) is 13.8 Å². The Labute approximate surface area is 245 Å². The number of benzene rings is 2. The van der Waals surface area contributed by atoms with Crippen molar-refractivity contribution in [1.82, 2.24) is 20.5 Å². The Balaban J connectivity index is 1.36. The van der Waals surface area contributed by atoms with Crippen LogP contribution in [0.2, 0.25) is 0 Å². The van der Waals surface area contributed by atoms with Gasteiger partial charge in [0.05, 0.1) is 18.2 Å². The second kappa shape index (κ2) is 10.8. The lowest BCUT2D eigenvalue weighted by atomic mass is 9.73. The van der Waals surface area contributed by atoms with Crippen LogP contribution in [0.3, 0.4) is 0 Å². The zero-order chi connectivity index (χ0) is 30.5. The second-order valence-electron chi connectivity index (χ2n) is 11.6. The average Bonchev–Trinajstić information content (AvgIpc) is 3.39. The predicted molar refractivity (Wildman–Crippen MR) is 153 cm³/mol. The summed E-state index contributed by atoms with van der Waals surface area (Å²) in [6.45, 7) is 7.55. The zero-order valence-electron chi connectivity index (χ0n) is 24.1. The van der Waals surface area contributed by atoms with Crippen LogP contribution in [0, 0.1) is 36.8 Å². The molecule has 2 aromatic carbocycles. The van der Waals surface area contributed by atoms with Crippen LogP contribution in [0.25, 0.3) is 11.1 Å². The minimum atomic E-state index is -0.983. The maximum Gasteiger partial charge on any atom is 0.300 e. The minimum absolute atomic E-state index is 0.0384. The predicted octanol–water partition coefficient (Wildman–Crippen LogP) is 5.90. The van der Waals surface area contributed by atoms with Gasteiger partial charge in [0, 0.05) is 52.0 Å². The first kappa shape index (κ1) is 28.4. The van der Waals surface area contributed by atoms with Crippen LogP contribution >= 0.6 is 0 Å². The highest BCUT2D eigenvalue weighted by Gasteiger charge is 2.57. The van der Waals surface area contributed by atoms with Crippen molar-refractivity contribution in [3.8, 4) is 16.9 Å². The van der Waals surface area contributed by atoms with Crippen LogP contribution < -0.4 is 10.1 Å². The average molecular weight is 589 g/mol. The van der Waals surface area contributed by atoms with Gasteiger partial charge in [-0.3, -0.25) is 14.7 Å². The summed E-state index contributed by atoms with van der Waals surface area (Å²) in [5.41, 5.74) is 3.18. The molecule has 0 saturated heterocycles. The molecule has 10 nitrogen and oxygen atoms in total. The Kier molecular flexibility index (Phi) is 7.15. The summed E-state index contributed by atoms with van der Waals surface area (Å²) in [6.07, 6.45) is 2.84. The van der Waals surface area contributed by atoms with Crippen molar-refractivity contribution >= 4 is 23.7 Å². The van der Waals surface area contributed by atoms with E-state index in [1.54, 1.807) is 32.0 Å². The fourth-order valence-electron chi connectivity index (χ4n) is 5.93. The van der Waals surface area contributed by atoms with Gasteiger partial charge in [-0.25, -0.2) is 18.4 Å². The summed E-state index contributed by atoms with van der Waals surface area (Å²) in [5, 5.41) is 17.3. The summed E-state index contributed by atoms with van der Waals surface area (Å²) >= 11 is 0. The number of hydrogen-bond acceptors (Lipinski definition) is 7. The van der Waals surface area contributed by atoms with Gasteiger partial charge in [-0.15, -0.1) is 0 Å². The molecule has 2 aliphatic rings. The first-order valence-corrected chi connectivity index (χ1v) is 14.0. The number of aromatic amines is 1. The number of anilines is 1. The number of hydrogen-bond donors (Lipinski definition) is 2. The number of carbonyl (C=O) groups is 2. The lowest BCUT2D eigenvalue weighted by Gasteiger charge is -2.37. The number of rotatable bonds is 7. The van der Waals surface area contributed by atoms with Gasteiger partial charge in [0.2, 0.25) is 5.91 Å². The smallest absolute Gasteiger partial charge is 0.300 e. The monoisotopic (exact) mass is 588 g/mol. The van der Waals surface area contributed by atoms with Crippen LogP contribution in [0.1, 0.15) is 71.7 Å². The third-order valence-corrected chi connectivity index (χ3v) is 8.29. The Hall–Kier alpha value is -4.74. The topological polar surface area (TPSA) is 135 Å². The molecular weight excluding hydrogens is 558 g/mol. The molecular formula is C31H30F2N6O4. The molecule has 2 atom stereocenters. The third-order valence-electron chi connectivity index (χ3n) is 8.29. The number of aromatic nitrogens is 4. The summed E-state index contributed by atoms with van der Waals surface area (Å²) in [5.74, 6) is -3.47. The number of fused-ring (bicyclic) bond motifs is 1. The Bertz CT molecular complexity index is 1740. The molecule has 3 heterocycles. The van der Waals surface area contributed by atoms with E-state index in [1.165, 1.54) is 24.4 Å². The number of halogens is 2. The summed E-state index contributed by atoms with van der Waals surface area (Å²) in [7, 11) is 0. The molecule has 2 amide bonds. The molecule has 222 valence electrons. The number of H-pyrrole nitrogens is 1. The van der Waals surface area contributed by atoms with Gasteiger partial charge in [0.15, 0.2) is 5.69 Å². The highest BCUT2D eigenvalue weighted by Crippen LogP contribution is 2.62. The van der Waals surface area contributed by atoms with Crippen LogP contribution in [0.5, 0.6) is 5.75 Å². The highest BCUT2D eigenvalue weighted by molar-refractivity contribution is 6.07. The van der Waals surface area contributed by atoms with E-state index in [-0.39, 0.29) is 23.9 Å². The maximum atomic E-state index is 15.3. The number of amides is 2. The highest BCUT2D eigenvalue weighted by atomic mass is 19.1. The third kappa shape index (κ3) is 5.21. The van der Waals surface area contributed by atoms with Gasteiger partial charge in [-0.2, -0.15) is 5.10 Å². The molecule has 6 rings (SSSR count). The van der Waals surface area contributed by atoms with Crippen molar-refractivity contribution in [3.63, 3.8) is 0 Å². The Morgan fingerprint density at radius 1 is 1.14 bits per heavy atom. The molecule has 1 fully saturated rings. The largest absolute Gasteiger partial charge is 0.493 e. The molecule has 4 aromatic rings. The van der Waals surface area contributed by atoms with E-state index >= 15 is 4.39 Å². The van der Waals surface area contributed by atoms with Crippen molar-refractivity contribution in [2.75, 3.05) is 11.9 Å². The van der Waals surface area contributed by atoms with Crippen molar-refractivity contribution in [2.24, 2.45) is 16.3 Å². The molecule has 43 heavy (non-hydrogen) atoms. The van der Waals surface area contributed by atoms with E-state index in [0.29, 0.717) is 33.8 Å². The SMILES string of the molecule is Cc1n[nH]c(C)c1-c1ccc(NC(=O)C(/C=N\C(=O)c2nonc2C(C)C)C2c3ccc(F)cc3OCC23CC3)cc1F. The minimum Gasteiger partial charge on any atom is -0.493 e. The second-order valence-corrected chi connectivity index (χ2v) is 11.6. The van der Waals surface area contributed by atoms with Crippen LogP contribution in [-0.4, -0.2) is 45.1 Å². The van der Waals surface area contributed by atoms with Crippen LogP contribution in [-0.2, 0) is 4.79 Å². The number of ether oxygens (including phenoxy) is 1. The molecule has 1 spiro atoms. The van der Waals surface area contributed by atoms with Crippen LogP contribution in [0.15, 0.2) is 46.0 Å². The van der Waals surface area contributed by atoms with E-state index in [0.717, 1.165) is 18.5 Å². The molecule has 0 radical (unpaired) electrons. The van der Waals surface area contributed by atoms with Gasteiger partial charge in [0.1, 0.15) is 23.1 Å². The molecule has 2 aromatic heterocycles. The van der Waals surface area contributed by atoms with Crippen LogP contribution in [0.4, 0.5) is 14.5 Å². The number of aryl methyl sites for hydroxylation is 2. The maximum absolute atomic E-state index is 15.3. The van der Waals surface area contributed by atoms with Gasteiger partial charge in [-0.1, -0.05) is 25.1 Å². The molecule has 2 N–H and O–H groups in total. The Morgan fingerprint density at radius 2 is 1.93 bits per heavy atom. The molecule has 1 aliphatic carbocycles. The lowest BCUT2D eigenvalue weighted by molar-refractivity contribution is -0.119. The molecule has 12 heteroatoms. The van der Waals surface area contributed by atoms with Crippen molar-refractivity contribution in [1.29, 1.82) is 0 Å². The molecule has 1 aliphatic heterocycles. The van der Waals surface area contributed by atoms with E-state index in [4.69, 9.17) is 9.37 Å². The lowest BCUT2D eigenvalue weighted by Crippen LogP contribution is -2.39. The number of carbonyl (C=O) groups excluding carboxylic acids is 2. The van der Waals surface area contributed by atoms with Gasteiger partial charge < -0.3 is 10.1 Å². The quantitative estimate of drug-likeness (QED) is 0.257. The summed E-state index contributed by atoms with van der Waals surface area (Å²) in [6, 6.07) is 8.65. The zero-order valence-corrected chi connectivity index (χ0v) is 24.1.